The van der Waals surface area contributed by atoms with E-state index in [-0.39, 0.29) is 17.4 Å². The Morgan fingerprint density at radius 2 is 1.92 bits per heavy atom. The molecule has 6 nitrogen and oxygen atoms in total. The summed E-state index contributed by atoms with van der Waals surface area (Å²) >= 11 is 0. The summed E-state index contributed by atoms with van der Waals surface area (Å²) in [6.45, 7) is 9.56. The summed E-state index contributed by atoms with van der Waals surface area (Å²) in [5, 5.41) is 12.5. The summed E-state index contributed by atoms with van der Waals surface area (Å²) in [6.07, 6.45) is 0.916. The van der Waals surface area contributed by atoms with Gasteiger partial charge in [0.15, 0.2) is 6.04 Å². The van der Waals surface area contributed by atoms with Gasteiger partial charge in [-0.15, -0.1) is 5.10 Å². The second-order valence-electron chi connectivity index (χ2n) is 6.87. The van der Waals surface area contributed by atoms with Gasteiger partial charge in [0, 0.05) is 5.56 Å². The van der Waals surface area contributed by atoms with Crippen LogP contribution in [-0.4, -0.2) is 46.5 Å². The third-order valence-electron chi connectivity index (χ3n) is 4.94. The topological polar surface area (TPSA) is 57.3 Å². The first-order valence-electron chi connectivity index (χ1n) is 8.49. The van der Waals surface area contributed by atoms with Crippen LogP contribution in [0, 0.1) is 5.82 Å². The van der Waals surface area contributed by atoms with Crippen LogP contribution in [0.1, 0.15) is 44.6 Å². The molecule has 1 saturated heterocycles. The molecule has 1 aromatic carbocycles. The van der Waals surface area contributed by atoms with E-state index in [1.54, 1.807) is 0 Å². The molecule has 24 heavy (non-hydrogen) atoms. The van der Waals surface area contributed by atoms with Crippen molar-refractivity contribution >= 4 is 0 Å². The van der Waals surface area contributed by atoms with Crippen molar-refractivity contribution in [3.8, 4) is 0 Å². The molecule has 0 saturated carbocycles. The number of quaternary nitrogens is 1. The second-order valence-corrected chi connectivity index (χ2v) is 6.87. The Kier molecular flexibility index (Phi) is 4.91. The molecule has 1 atom stereocenters. The first-order valence-corrected chi connectivity index (χ1v) is 8.49. The van der Waals surface area contributed by atoms with Crippen LogP contribution in [0.5, 0.6) is 0 Å². The van der Waals surface area contributed by atoms with Gasteiger partial charge in [-0.25, -0.2) is 9.07 Å². The van der Waals surface area contributed by atoms with E-state index in [1.807, 2.05) is 16.8 Å². The van der Waals surface area contributed by atoms with Crippen LogP contribution in [0.2, 0.25) is 0 Å². The van der Waals surface area contributed by atoms with E-state index in [0.29, 0.717) is 13.2 Å². The lowest BCUT2D eigenvalue weighted by Gasteiger charge is -2.33. The molecule has 7 heteroatoms. The third kappa shape index (κ3) is 3.32. The van der Waals surface area contributed by atoms with E-state index in [1.165, 1.54) is 17.0 Å². The largest absolute Gasteiger partial charge is 0.370 e. The first-order chi connectivity index (χ1) is 11.5. The zero-order valence-electron chi connectivity index (χ0n) is 14.5. The Labute approximate surface area is 141 Å². The maximum Gasteiger partial charge on any atom is 0.214 e. The van der Waals surface area contributed by atoms with Gasteiger partial charge in [-0.2, -0.15) is 0 Å². The SMILES string of the molecule is CCC(C)(C)n1nnnc1[C@H](c1ccc(F)cc1)[NH+]1CCOCC1. The molecule has 0 amide bonds. The van der Waals surface area contributed by atoms with Crippen LogP contribution in [-0.2, 0) is 10.3 Å². The lowest BCUT2D eigenvalue weighted by molar-refractivity contribution is -0.933. The van der Waals surface area contributed by atoms with Gasteiger partial charge in [-0.1, -0.05) is 6.92 Å². The lowest BCUT2D eigenvalue weighted by Crippen LogP contribution is -3.14. The number of halogens is 1. The average Bonchev–Trinajstić information content (AvgIpc) is 3.08. The molecule has 1 aromatic heterocycles. The summed E-state index contributed by atoms with van der Waals surface area (Å²) in [7, 11) is 0. The van der Waals surface area contributed by atoms with Crippen LogP contribution in [0.3, 0.4) is 0 Å². The predicted molar refractivity (Wildman–Crippen MR) is 87.2 cm³/mol. The smallest absolute Gasteiger partial charge is 0.214 e. The van der Waals surface area contributed by atoms with Gasteiger partial charge in [0.1, 0.15) is 18.9 Å². The number of ether oxygens (including phenoxy) is 1. The first kappa shape index (κ1) is 17.0. The van der Waals surface area contributed by atoms with Crippen molar-refractivity contribution in [2.24, 2.45) is 0 Å². The lowest BCUT2D eigenvalue weighted by atomic mass is 9.99. The minimum absolute atomic E-state index is 0.0321. The van der Waals surface area contributed by atoms with Gasteiger partial charge in [0.25, 0.3) is 0 Å². The zero-order chi connectivity index (χ0) is 17.2. The fraction of sp³-hybridized carbons (Fsp3) is 0.588. The van der Waals surface area contributed by atoms with Crippen molar-refractivity contribution in [1.29, 1.82) is 0 Å². The highest BCUT2D eigenvalue weighted by Crippen LogP contribution is 2.25. The molecular weight excluding hydrogens is 309 g/mol. The maximum absolute atomic E-state index is 13.4. The highest BCUT2D eigenvalue weighted by atomic mass is 19.1. The number of hydrogen-bond donors (Lipinski definition) is 1. The summed E-state index contributed by atoms with van der Waals surface area (Å²) in [6, 6.07) is 6.64. The van der Waals surface area contributed by atoms with Gasteiger partial charge >= 0.3 is 0 Å². The minimum Gasteiger partial charge on any atom is -0.370 e. The average molecular weight is 334 g/mol. The monoisotopic (exact) mass is 334 g/mol. The number of benzene rings is 1. The standard InChI is InChI=1S/C17H24FN5O/c1-4-17(2,3)23-16(19-20-21-23)15(22-9-11-24-12-10-22)13-5-7-14(18)8-6-13/h5-8,15H,4,9-12H2,1-3H3/p+1/t15-/m0/s1. The summed E-state index contributed by atoms with van der Waals surface area (Å²) in [5.74, 6) is 0.591. The number of rotatable bonds is 5. The molecule has 130 valence electrons. The molecule has 0 unspecified atom stereocenters. The van der Waals surface area contributed by atoms with E-state index in [0.717, 1.165) is 30.9 Å². The predicted octanol–water partition coefficient (Wildman–Crippen LogP) is 0.962. The number of nitrogens with zero attached hydrogens (tertiary/aromatic N) is 4. The fourth-order valence-electron chi connectivity index (χ4n) is 3.10. The molecule has 0 bridgehead atoms. The summed E-state index contributed by atoms with van der Waals surface area (Å²) < 4.78 is 20.8. The van der Waals surface area contributed by atoms with Crippen LogP contribution >= 0.6 is 0 Å². The molecule has 2 aromatic rings. The molecule has 1 aliphatic heterocycles. The summed E-state index contributed by atoms with van der Waals surface area (Å²) in [5.41, 5.74) is 0.847. The molecule has 0 aliphatic carbocycles. The molecule has 2 heterocycles. The third-order valence-corrected chi connectivity index (χ3v) is 4.94. The Bertz CT molecular complexity index is 664. The van der Waals surface area contributed by atoms with Gasteiger partial charge in [0.2, 0.25) is 5.82 Å². The van der Waals surface area contributed by atoms with Crippen molar-refractivity contribution in [3.63, 3.8) is 0 Å². The van der Waals surface area contributed by atoms with Crippen LogP contribution in [0.4, 0.5) is 4.39 Å². The van der Waals surface area contributed by atoms with E-state index in [2.05, 4.69) is 36.3 Å². The van der Waals surface area contributed by atoms with Gasteiger partial charge < -0.3 is 9.64 Å². The number of nitrogens with one attached hydrogen (secondary N) is 1. The zero-order valence-corrected chi connectivity index (χ0v) is 14.5. The molecule has 1 N–H and O–H groups in total. The Hall–Kier alpha value is -1.86. The molecule has 1 fully saturated rings. The molecule has 0 radical (unpaired) electrons. The minimum atomic E-state index is -0.233. The highest BCUT2D eigenvalue weighted by Gasteiger charge is 2.36. The molecular formula is C17H25FN5O+. The van der Waals surface area contributed by atoms with Crippen LogP contribution < -0.4 is 4.90 Å². The number of tetrazole rings is 1. The Morgan fingerprint density at radius 3 is 2.54 bits per heavy atom. The Balaban J connectivity index is 2.05. The van der Waals surface area contributed by atoms with Crippen molar-refractivity contribution in [1.82, 2.24) is 20.2 Å². The normalized spacial score (nSPS) is 17.8. The molecule has 3 rings (SSSR count). The van der Waals surface area contributed by atoms with Crippen molar-refractivity contribution in [3.05, 3.63) is 41.5 Å². The molecule has 1 aliphatic rings. The van der Waals surface area contributed by atoms with E-state index in [4.69, 9.17) is 4.74 Å². The fourth-order valence-corrected chi connectivity index (χ4v) is 3.10. The maximum atomic E-state index is 13.4. The van der Waals surface area contributed by atoms with E-state index in [9.17, 15) is 4.39 Å². The van der Waals surface area contributed by atoms with Crippen molar-refractivity contribution in [2.75, 3.05) is 26.3 Å². The van der Waals surface area contributed by atoms with Crippen LogP contribution in [0.25, 0.3) is 0 Å². The number of aromatic nitrogens is 4. The van der Waals surface area contributed by atoms with Crippen molar-refractivity contribution < 1.29 is 14.0 Å². The van der Waals surface area contributed by atoms with Gasteiger partial charge in [-0.3, -0.25) is 0 Å². The van der Waals surface area contributed by atoms with Crippen LogP contribution in [0.15, 0.2) is 24.3 Å². The number of hydrogen-bond acceptors (Lipinski definition) is 4. The van der Waals surface area contributed by atoms with E-state index < -0.39 is 0 Å². The van der Waals surface area contributed by atoms with E-state index >= 15 is 0 Å². The highest BCUT2D eigenvalue weighted by molar-refractivity contribution is 5.23. The van der Waals surface area contributed by atoms with Crippen molar-refractivity contribution in [2.45, 2.75) is 38.8 Å². The quantitative estimate of drug-likeness (QED) is 0.885. The number of morpholine rings is 1. The second kappa shape index (κ2) is 6.94. The van der Waals surface area contributed by atoms with Gasteiger partial charge in [0.05, 0.1) is 18.8 Å². The molecule has 0 spiro atoms. The summed E-state index contributed by atoms with van der Waals surface area (Å²) in [4.78, 5) is 1.34. The Morgan fingerprint density at radius 1 is 1.25 bits per heavy atom. The van der Waals surface area contributed by atoms with Gasteiger partial charge in [-0.05, 0) is 55.0 Å².